The molecule has 1 aliphatic rings. The second-order valence-corrected chi connectivity index (χ2v) is 5.73. The number of phenolic OH excluding ortho intramolecular Hbond substituents is 1. The number of Topliss-reactive ketones (excluding diaryl/α,β-unsaturated/α-hetero) is 1. The van der Waals surface area contributed by atoms with Crippen molar-refractivity contribution >= 4 is 11.8 Å². The van der Waals surface area contributed by atoms with E-state index < -0.39 is 6.04 Å². The van der Waals surface area contributed by atoms with Crippen LogP contribution in [0.3, 0.4) is 0 Å². The van der Waals surface area contributed by atoms with Crippen molar-refractivity contribution in [3.8, 4) is 5.75 Å². The first-order valence-electron chi connectivity index (χ1n) is 7.62. The van der Waals surface area contributed by atoms with E-state index in [-0.39, 0.29) is 17.6 Å². The molecule has 1 aliphatic heterocycles. The fourth-order valence-corrected chi connectivity index (χ4v) is 2.83. The number of amides is 2. The van der Waals surface area contributed by atoms with Crippen molar-refractivity contribution in [1.82, 2.24) is 10.2 Å². The number of urea groups is 1. The van der Waals surface area contributed by atoms with E-state index in [1.165, 1.54) is 4.90 Å². The Morgan fingerprint density at radius 1 is 1.12 bits per heavy atom. The van der Waals surface area contributed by atoms with Gasteiger partial charge in [0.1, 0.15) is 5.75 Å². The topological polar surface area (TPSA) is 69.6 Å². The summed E-state index contributed by atoms with van der Waals surface area (Å²) < 4.78 is 0. The fraction of sp³-hybridized carbons (Fsp3) is 0.158. The van der Waals surface area contributed by atoms with E-state index in [9.17, 15) is 14.7 Å². The third kappa shape index (κ3) is 2.76. The van der Waals surface area contributed by atoms with Crippen molar-refractivity contribution in [3.05, 3.63) is 77.0 Å². The molecule has 0 aromatic heterocycles. The van der Waals surface area contributed by atoms with Crippen LogP contribution in [0.25, 0.3) is 0 Å². The molecule has 0 fully saturated rings. The number of nitrogens with zero attached hydrogens (tertiary/aromatic N) is 1. The van der Waals surface area contributed by atoms with Crippen LogP contribution in [0.4, 0.5) is 4.79 Å². The highest BCUT2D eigenvalue weighted by molar-refractivity contribution is 6.11. The number of hydrogen-bond donors (Lipinski definition) is 2. The van der Waals surface area contributed by atoms with Crippen LogP contribution in [0.1, 0.15) is 28.9 Å². The second-order valence-electron chi connectivity index (χ2n) is 5.73. The van der Waals surface area contributed by atoms with Crippen molar-refractivity contribution in [2.24, 2.45) is 0 Å². The van der Waals surface area contributed by atoms with Crippen LogP contribution >= 0.6 is 0 Å². The summed E-state index contributed by atoms with van der Waals surface area (Å²) in [5, 5.41) is 12.6. The van der Waals surface area contributed by atoms with Gasteiger partial charge in [0, 0.05) is 23.9 Å². The molecule has 2 N–H and O–H groups in total. The van der Waals surface area contributed by atoms with Gasteiger partial charge in [0.15, 0.2) is 5.78 Å². The molecule has 1 atom stereocenters. The third-order valence-electron chi connectivity index (χ3n) is 4.24. The quantitative estimate of drug-likeness (QED) is 0.852. The lowest BCUT2D eigenvalue weighted by atomic mass is 9.89. The van der Waals surface area contributed by atoms with Crippen molar-refractivity contribution in [2.75, 3.05) is 7.05 Å². The van der Waals surface area contributed by atoms with Crippen LogP contribution in [-0.4, -0.2) is 28.9 Å². The number of ketones is 1. The summed E-state index contributed by atoms with van der Waals surface area (Å²) in [4.78, 5) is 26.6. The molecule has 0 spiro atoms. The fourth-order valence-electron chi connectivity index (χ4n) is 2.83. The first kappa shape index (κ1) is 15.8. The number of carbonyl (C=O) groups excluding carboxylic acids is 2. The lowest BCUT2D eigenvalue weighted by Gasteiger charge is -2.33. The maximum Gasteiger partial charge on any atom is 0.322 e. The van der Waals surface area contributed by atoms with Gasteiger partial charge in [-0.1, -0.05) is 42.5 Å². The molecule has 3 rings (SSSR count). The Bertz CT molecular complexity index is 828. The van der Waals surface area contributed by atoms with Gasteiger partial charge in [-0.25, -0.2) is 4.79 Å². The average molecular weight is 322 g/mol. The summed E-state index contributed by atoms with van der Waals surface area (Å²) >= 11 is 0. The molecule has 0 saturated heterocycles. The predicted octanol–water partition coefficient (Wildman–Crippen LogP) is 3.25. The molecule has 2 amide bonds. The number of allylic oxidation sites excluding steroid dienone is 1. The van der Waals surface area contributed by atoms with Crippen molar-refractivity contribution in [1.29, 1.82) is 0 Å². The highest BCUT2D eigenvalue weighted by Gasteiger charge is 2.34. The standard InChI is InChI=1S/C19H18N2O3/c1-12-16(18(23)13-7-4-3-5-8-13)17(20-19(24)21(12)2)14-9-6-10-15(22)11-14/h3-11,17,22H,1-2H3,(H,20,24)/t17-/m1/s1. The molecule has 5 nitrogen and oxygen atoms in total. The van der Waals surface area contributed by atoms with Crippen molar-refractivity contribution < 1.29 is 14.7 Å². The first-order valence-corrected chi connectivity index (χ1v) is 7.62. The summed E-state index contributed by atoms with van der Waals surface area (Å²) in [6, 6.07) is 14.6. The maximum atomic E-state index is 13.0. The number of phenols is 1. The monoisotopic (exact) mass is 322 g/mol. The Morgan fingerprint density at radius 2 is 1.83 bits per heavy atom. The SMILES string of the molecule is CC1=C(C(=O)c2ccccc2)[C@@H](c2cccc(O)c2)NC(=O)N1C. The normalized spacial score (nSPS) is 17.7. The summed E-state index contributed by atoms with van der Waals surface area (Å²) in [5.74, 6) is -0.0573. The molecule has 2 aromatic carbocycles. The Morgan fingerprint density at radius 3 is 2.50 bits per heavy atom. The van der Waals surface area contributed by atoms with E-state index in [1.807, 2.05) is 6.07 Å². The van der Waals surface area contributed by atoms with Crippen LogP contribution < -0.4 is 5.32 Å². The van der Waals surface area contributed by atoms with Gasteiger partial charge < -0.3 is 15.3 Å². The zero-order valence-corrected chi connectivity index (χ0v) is 13.5. The lowest BCUT2D eigenvalue weighted by Crippen LogP contribution is -2.46. The smallest absolute Gasteiger partial charge is 0.322 e. The van der Waals surface area contributed by atoms with Crippen molar-refractivity contribution in [2.45, 2.75) is 13.0 Å². The van der Waals surface area contributed by atoms with E-state index in [0.29, 0.717) is 22.4 Å². The Hall–Kier alpha value is -3.08. The van der Waals surface area contributed by atoms with Gasteiger partial charge in [0.05, 0.1) is 6.04 Å². The number of carbonyl (C=O) groups is 2. The van der Waals surface area contributed by atoms with Gasteiger partial charge in [-0.3, -0.25) is 4.79 Å². The minimum absolute atomic E-state index is 0.0878. The third-order valence-corrected chi connectivity index (χ3v) is 4.24. The Kier molecular flexibility index (Phi) is 4.08. The molecule has 0 aliphatic carbocycles. The van der Waals surface area contributed by atoms with E-state index in [1.54, 1.807) is 62.5 Å². The number of aromatic hydroxyl groups is 1. The van der Waals surface area contributed by atoms with E-state index in [2.05, 4.69) is 5.32 Å². The Balaban J connectivity index is 2.13. The van der Waals surface area contributed by atoms with Gasteiger partial charge in [-0.15, -0.1) is 0 Å². The molecular formula is C19H18N2O3. The number of benzene rings is 2. The molecular weight excluding hydrogens is 304 g/mol. The number of nitrogens with one attached hydrogen (secondary N) is 1. The van der Waals surface area contributed by atoms with Gasteiger partial charge in [0.25, 0.3) is 0 Å². The molecule has 0 saturated carbocycles. The molecule has 0 bridgehead atoms. The van der Waals surface area contributed by atoms with Crippen LogP contribution in [0.2, 0.25) is 0 Å². The minimum atomic E-state index is -0.603. The van der Waals surface area contributed by atoms with Crippen LogP contribution in [0.15, 0.2) is 65.9 Å². The highest BCUT2D eigenvalue weighted by Crippen LogP contribution is 2.33. The molecule has 2 aromatic rings. The number of rotatable bonds is 3. The van der Waals surface area contributed by atoms with Crippen LogP contribution in [-0.2, 0) is 0 Å². The zero-order chi connectivity index (χ0) is 17.3. The van der Waals surface area contributed by atoms with Crippen LogP contribution in [0, 0.1) is 0 Å². The lowest BCUT2D eigenvalue weighted by molar-refractivity contribution is 0.101. The average Bonchev–Trinajstić information content (AvgIpc) is 2.59. The molecule has 1 heterocycles. The van der Waals surface area contributed by atoms with Gasteiger partial charge >= 0.3 is 6.03 Å². The maximum absolute atomic E-state index is 13.0. The number of hydrogen-bond acceptors (Lipinski definition) is 3. The van der Waals surface area contributed by atoms with Gasteiger partial charge in [0.2, 0.25) is 0 Å². The summed E-state index contributed by atoms with van der Waals surface area (Å²) in [6.07, 6.45) is 0. The minimum Gasteiger partial charge on any atom is -0.508 e. The van der Waals surface area contributed by atoms with Crippen molar-refractivity contribution in [3.63, 3.8) is 0 Å². The van der Waals surface area contributed by atoms with Gasteiger partial charge in [-0.2, -0.15) is 0 Å². The van der Waals surface area contributed by atoms with E-state index in [4.69, 9.17) is 0 Å². The first-order chi connectivity index (χ1) is 11.5. The van der Waals surface area contributed by atoms with Crippen LogP contribution in [0.5, 0.6) is 5.75 Å². The zero-order valence-electron chi connectivity index (χ0n) is 13.5. The molecule has 0 radical (unpaired) electrons. The van der Waals surface area contributed by atoms with Gasteiger partial charge in [-0.05, 0) is 24.6 Å². The summed E-state index contributed by atoms with van der Waals surface area (Å²) in [5.41, 5.74) is 2.31. The largest absolute Gasteiger partial charge is 0.508 e. The molecule has 122 valence electrons. The molecule has 5 heteroatoms. The Labute approximate surface area is 140 Å². The molecule has 0 unspecified atom stereocenters. The molecule has 24 heavy (non-hydrogen) atoms. The summed E-state index contributed by atoms with van der Waals surface area (Å²) in [7, 11) is 1.63. The highest BCUT2D eigenvalue weighted by atomic mass is 16.3. The predicted molar refractivity (Wildman–Crippen MR) is 90.6 cm³/mol. The van der Waals surface area contributed by atoms with E-state index in [0.717, 1.165) is 0 Å². The summed E-state index contributed by atoms with van der Waals surface area (Å²) in [6.45, 7) is 1.75. The van der Waals surface area contributed by atoms with E-state index >= 15 is 0 Å². The second kappa shape index (κ2) is 6.20.